The van der Waals surface area contributed by atoms with Gasteiger partial charge in [0.1, 0.15) is 11.6 Å². The average molecular weight is 408 g/mol. The van der Waals surface area contributed by atoms with Crippen molar-refractivity contribution in [1.82, 2.24) is 4.98 Å². The molecule has 0 bridgehead atoms. The molecule has 1 amide bonds. The molecule has 1 aromatic heterocycles. The first-order chi connectivity index (χ1) is 14.4. The van der Waals surface area contributed by atoms with Gasteiger partial charge in [0.15, 0.2) is 5.84 Å². The summed E-state index contributed by atoms with van der Waals surface area (Å²) >= 11 is 0. The van der Waals surface area contributed by atoms with Gasteiger partial charge >= 0.3 is 0 Å². The Morgan fingerprint density at radius 1 is 1.17 bits per heavy atom. The normalized spacial score (nSPS) is 12.2. The minimum atomic E-state index is -0.988. The summed E-state index contributed by atoms with van der Waals surface area (Å²) in [7, 11) is 0. The Hall–Kier alpha value is -3.94. The predicted octanol–water partition coefficient (Wildman–Crippen LogP) is 3.99. The van der Waals surface area contributed by atoms with E-state index in [2.05, 4.69) is 15.5 Å². The first kappa shape index (κ1) is 20.8. The standard InChI is InChI=1S/C22H21FN4O3/c1-14-8-10-19(18(23)12-14)26-22(28)15(2)30-27-21(24)16-9-11-20(25-13-16)29-17-6-4-3-5-7-17/h3-13,15H,1-2H3,(H2,24,27)(H,26,28). The van der Waals surface area contributed by atoms with Crippen LogP contribution in [-0.2, 0) is 9.63 Å². The first-order valence-electron chi connectivity index (χ1n) is 9.18. The fourth-order valence-corrected chi connectivity index (χ4v) is 2.39. The average Bonchev–Trinajstić information content (AvgIpc) is 2.75. The summed E-state index contributed by atoms with van der Waals surface area (Å²) in [6, 6.07) is 17.0. The summed E-state index contributed by atoms with van der Waals surface area (Å²) in [5, 5.41) is 6.22. The van der Waals surface area contributed by atoms with Crippen molar-refractivity contribution in [3.05, 3.63) is 83.8 Å². The second-order valence-corrected chi connectivity index (χ2v) is 6.50. The van der Waals surface area contributed by atoms with Crippen molar-refractivity contribution in [3.63, 3.8) is 0 Å². The molecule has 0 aliphatic rings. The Labute approximate surface area is 173 Å². The van der Waals surface area contributed by atoms with Crippen LogP contribution < -0.4 is 15.8 Å². The summed E-state index contributed by atoms with van der Waals surface area (Å²) in [4.78, 5) is 21.5. The second-order valence-electron chi connectivity index (χ2n) is 6.50. The number of nitrogens with zero attached hydrogens (tertiary/aromatic N) is 2. The van der Waals surface area contributed by atoms with Gasteiger partial charge in [0.2, 0.25) is 12.0 Å². The van der Waals surface area contributed by atoms with Gasteiger partial charge in [-0.2, -0.15) is 0 Å². The number of benzene rings is 2. The van der Waals surface area contributed by atoms with E-state index in [0.29, 0.717) is 17.2 Å². The lowest BCUT2D eigenvalue weighted by molar-refractivity contribution is -0.126. The highest BCUT2D eigenvalue weighted by Crippen LogP contribution is 2.19. The molecule has 3 N–H and O–H groups in total. The zero-order chi connectivity index (χ0) is 21.5. The first-order valence-corrected chi connectivity index (χ1v) is 9.18. The lowest BCUT2D eigenvalue weighted by Crippen LogP contribution is -2.28. The zero-order valence-electron chi connectivity index (χ0n) is 16.5. The van der Waals surface area contributed by atoms with Gasteiger partial charge < -0.3 is 20.6 Å². The monoisotopic (exact) mass is 408 g/mol. The number of rotatable bonds is 7. The van der Waals surface area contributed by atoms with Crippen LogP contribution in [0.4, 0.5) is 10.1 Å². The van der Waals surface area contributed by atoms with Crippen LogP contribution in [0, 0.1) is 12.7 Å². The number of amides is 1. The van der Waals surface area contributed by atoms with Crippen LogP contribution in [0.3, 0.4) is 0 Å². The highest BCUT2D eigenvalue weighted by molar-refractivity contribution is 5.97. The molecule has 1 atom stereocenters. The number of oxime groups is 1. The fraction of sp³-hybridized carbons (Fsp3) is 0.136. The predicted molar refractivity (Wildman–Crippen MR) is 112 cm³/mol. The molecule has 0 saturated carbocycles. The summed E-state index contributed by atoms with van der Waals surface area (Å²) in [5.41, 5.74) is 7.20. The molecule has 7 nitrogen and oxygen atoms in total. The minimum absolute atomic E-state index is 0.0370. The van der Waals surface area contributed by atoms with Crippen molar-refractivity contribution in [2.45, 2.75) is 20.0 Å². The van der Waals surface area contributed by atoms with Crippen molar-refractivity contribution < 1.29 is 18.8 Å². The number of aryl methyl sites for hydroxylation is 1. The number of para-hydroxylation sites is 1. The van der Waals surface area contributed by atoms with Gasteiger partial charge in [0.25, 0.3) is 5.91 Å². The number of halogens is 1. The zero-order valence-corrected chi connectivity index (χ0v) is 16.5. The molecule has 3 aromatic rings. The van der Waals surface area contributed by atoms with E-state index in [-0.39, 0.29) is 11.5 Å². The molecule has 1 heterocycles. The van der Waals surface area contributed by atoms with Crippen LogP contribution in [0.5, 0.6) is 11.6 Å². The van der Waals surface area contributed by atoms with Gasteiger partial charge in [-0.25, -0.2) is 9.37 Å². The maximum absolute atomic E-state index is 13.9. The van der Waals surface area contributed by atoms with E-state index in [1.54, 1.807) is 25.1 Å². The number of nitrogens with two attached hydrogens (primary N) is 1. The van der Waals surface area contributed by atoms with Crippen molar-refractivity contribution in [1.29, 1.82) is 0 Å². The highest BCUT2D eigenvalue weighted by atomic mass is 19.1. The maximum atomic E-state index is 13.9. The van der Waals surface area contributed by atoms with Gasteiger partial charge in [-0.15, -0.1) is 0 Å². The molecule has 1 unspecified atom stereocenters. The van der Waals surface area contributed by atoms with Crippen LogP contribution in [0.1, 0.15) is 18.1 Å². The number of hydrogen-bond donors (Lipinski definition) is 2. The van der Waals surface area contributed by atoms with E-state index >= 15 is 0 Å². The van der Waals surface area contributed by atoms with Crippen molar-refractivity contribution in [2.24, 2.45) is 10.9 Å². The number of anilines is 1. The van der Waals surface area contributed by atoms with Crippen LogP contribution in [0.15, 0.2) is 72.0 Å². The molecule has 154 valence electrons. The SMILES string of the molecule is Cc1ccc(NC(=O)C(C)ON=C(N)c2ccc(Oc3ccccc3)nc2)c(F)c1. The second kappa shape index (κ2) is 9.51. The Balaban J connectivity index is 1.57. The van der Waals surface area contributed by atoms with Crippen LogP contribution in [0.2, 0.25) is 0 Å². The van der Waals surface area contributed by atoms with Gasteiger partial charge in [0, 0.05) is 17.8 Å². The largest absolute Gasteiger partial charge is 0.439 e. The number of hydrogen-bond acceptors (Lipinski definition) is 5. The molecular weight excluding hydrogens is 387 g/mol. The van der Waals surface area contributed by atoms with E-state index in [4.69, 9.17) is 15.3 Å². The fourth-order valence-electron chi connectivity index (χ4n) is 2.39. The quantitative estimate of drug-likeness (QED) is 0.350. The lowest BCUT2D eigenvalue weighted by atomic mass is 10.2. The molecule has 2 aromatic carbocycles. The van der Waals surface area contributed by atoms with Crippen molar-refractivity contribution in [3.8, 4) is 11.6 Å². The van der Waals surface area contributed by atoms with Crippen molar-refractivity contribution in [2.75, 3.05) is 5.32 Å². The summed E-state index contributed by atoms with van der Waals surface area (Å²) in [6.45, 7) is 3.24. The molecule has 0 fully saturated rings. The van der Waals surface area contributed by atoms with E-state index in [1.165, 1.54) is 25.3 Å². The molecule has 3 rings (SSSR count). The van der Waals surface area contributed by atoms with Crippen molar-refractivity contribution >= 4 is 17.4 Å². The number of aromatic nitrogens is 1. The summed E-state index contributed by atoms with van der Waals surface area (Å²) in [6.07, 6.45) is 0.491. The third kappa shape index (κ3) is 5.54. The molecule has 0 saturated heterocycles. The Morgan fingerprint density at radius 2 is 1.93 bits per heavy atom. The minimum Gasteiger partial charge on any atom is -0.439 e. The van der Waals surface area contributed by atoms with E-state index in [9.17, 15) is 9.18 Å². The molecule has 30 heavy (non-hydrogen) atoms. The Kier molecular flexibility index (Phi) is 6.59. The third-order valence-electron chi connectivity index (χ3n) is 4.06. The van der Waals surface area contributed by atoms with E-state index in [1.807, 2.05) is 30.3 Å². The molecule has 0 radical (unpaired) electrons. The number of amidine groups is 1. The van der Waals surface area contributed by atoms with Gasteiger partial charge in [-0.1, -0.05) is 29.4 Å². The Morgan fingerprint density at radius 3 is 2.60 bits per heavy atom. The smallest absolute Gasteiger partial charge is 0.268 e. The summed E-state index contributed by atoms with van der Waals surface area (Å²) in [5.74, 6) is 0.00975. The molecule has 0 aliphatic carbocycles. The molecule has 0 aliphatic heterocycles. The van der Waals surface area contributed by atoms with E-state index in [0.717, 1.165) is 5.56 Å². The molecule has 0 spiro atoms. The Bertz CT molecular complexity index is 1040. The number of carbonyl (C=O) groups excluding carboxylic acids is 1. The van der Waals surface area contributed by atoms with Crippen LogP contribution in [0.25, 0.3) is 0 Å². The lowest BCUT2D eigenvalue weighted by Gasteiger charge is -2.12. The number of ether oxygens (including phenoxy) is 1. The van der Waals surface area contributed by atoms with Gasteiger partial charge in [-0.3, -0.25) is 4.79 Å². The number of carbonyl (C=O) groups is 1. The molecular formula is C22H21FN4O3. The van der Waals surface area contributed by atoms with Crippen LogP contribution >= 0.6 is 0 Å². The maximum Gasteiger partial charge on any atom is 0.268 e. The van der Waals surface area contributed by atoms with Gasteiger partial charge in [-0.05, 0) is 49.7 Å². The van der Waals surface area contributed by atoms with E-state index < -0.39 is 17.8 Å². The number of nitrogens with one attached hydrogen (secondary N) is 1. The molecule has 8 heteroatoms. The topological polar surface area (TPSA) is 98.8 Å². The van der Waals surface area contributed by atoms with Gasteiger partial charge in [0.05, 0.1) is 5.69 Å². The third-order valence-corrected chi connectivity index (χ3v) is 4.06. The highest BCUT2D eigenvalue weighted by Gasteiger charge is 2.16. The number of pyridine rings is 1. The summed E-state index contributed by atoms with van der Waals surface area (Å²) < 4.78 is 19.5. The van der Waals surface area contributed by atoms with Crippen LogP contribution in [-0.4, -0.2) is 22.8 Å².